The van der Waals surface area contributed by atoms with Crippen LogP contribution in [-0.4, -0.2) is 36.8 Å². The van der Waals surface area contributed by atoms with Gasteiger partial charge in [-0.15, -0.1) is 0 Å². The van der Waals surface area contributed by atoms with E-state index in [4.69, 9.17) is 25.6 Å². The number of carbonyl (C=O) groups excluding carboxylic acids is 2. The second-order valence-corrected chi connectivity index (χ2v) is 7.33. The lowest BCUT2D eigenvalue weighted by molar-refractivity contribution is 0.0600. The van der Waals surface area contributed by atoms with E-state index in [1.54, 1.807) is 13.0 Å². The highest BCUT2D eigenvalue weighted by molar-refractivity contribution is 6.32. The van der Waals surface area contributed by atoms with Gasteiger partial charge in [-0.2, -0.15) is 0 Å². The Morgan fingerprint density at radius 2 is 2.03 bits per heavy atom. The topological polar surface area (TPSA) is 90.7 Å². The Hall–Kier alpha value is -3.32. The van der Waals surface area contributed by atoms with Crippen LogP contribution in [0.3, 0.4) is 0 Å². The SMILES string of the molecule is COC(=O)c1cc(Cl)c2c(c1)C[C@@H](CNC(=O)c1c(-c3ccccc3)noc1C)O2. The van der Waals surface area contributed by atoms with Crippen LogP contribution in [0.15, 0.2) is 47.0 Å². The molecular formula is C22H19ClN2O5. The fraction of sp³-hybridized carbons (Fsp3) is 0.227. The average Bonchev–Trinajstić information content (AvgIpc) is 3.35. The van der Waals surface area contributed by atoms with Crippen LogP contribution in [0, 0.1) is 6.92 Å². The smallest absolute Gasteiger partial charge is 0.337 e. The van der Waals surface area contributed by atoms with Crippen molar-refractivity contribution in [3.8, 4) is 17.0 Å². The standard InChI is InChI=1S/C22H19ClN2O5/c1-12-18(19(25-30-12)13-6-4-3-5-7-13)21(26)24-11-16-9-14-8-15(22(27)28-2)10-17(23)20(14)29-16/h3-8,10,16H,9,11H2,1-2H3,(H,24,26)/t16-/m0/s1. The van der Waals surface area contributed by atoms with E-state index in [0.29, 0.717) is 39.8 Å². The summed E-state index contributed by atoms with van der Waals surface area (Å²) >= 11 is 6.25. The number of rotatable bonds is 5. The number of nitrogens with zero attached hydrogens (tertiary/aromatic N) is 1. The Morgan fingerprint density at radius 3 is 2.77 bits per heavy atom. The number of hydrogen-bond donors (Lipinski definition) is 1. The molecule has 7 nitrogen and oxygen atoms in total. The van der Waals surface area contributed by atoms with Crippen molar-refractivity contribution in [2.24, 2.45) is 0 Å². The maximum Gasteiger partial charge on any atom is 0.337 e. The monoisotopic (exact) mass is 426 g/mol. The van der Waals surface area contributed by atoms with Gasteiger partial charge in [-0.05, 0) is 19.1 Å². The molecule has 2 heterocycles. The maximum absolute atomic E-state index is 12.8. The highest BCUT2D eigenvalue weighted by Gasteiger charge is 2.28. The van der Waals surface area contributed by atoms with Crippen molar-refractivity contribution in [1.29, 1.82) is 0 Å². The number of methoxy groups -OCH3 is 1. The quantitative estimate of drug-likeness (QED) is 0.623. The van der Waals surface area contributed by atoms with E-state index < -0.39 is 5.97 Å². The summed E-state index contributed by atoms with van der Waals surface area (Å²) in [6, 6.07) is 12.6. The number of carbonyl (C=O) groups is 2. The number of nitrogens with one attached hydrogen (secondary N) is 1. The minimum atomic E-state index is -0.465. The predicted octanol–water partition coefficient (Wildman–Crippen LogP) is 3.82. The Kier molecular flexibility index (Phi) is 5.46. The normalized spacial score (nSPS) is 14.7. The number of benzene rings is 2. The van der Waals surface area contributed by atoms with Crippen molar-refractivity contribution in [3.63, 3.8) is 0 Å². The van der Waals surface area contributed by atoms with E-state index in [9.17, 15) is 9.59 Å². The molecule has 154 valence electrons. The summed E-state index contributed by atoms with van der Waals surface area (Å²) in [6.07, 6.45) is 0.198. The summed E-state index contributed by atoms with van der Waals surface area (Å²) in [5.41, 5.74) is 2.84. The van der Waals surface area contributed by atoms with Gasteiger partial charge < -0.3 is 19.3 Å². The van der Waals surface area contributed by atoms with Crippen molar-refractivity contribution in [1.82, 2.24) is 10.5 Å². The Balaban J connectivity index is 1.46. The molecule has 0 fully saturated rings. The zero-order chi connectivity index (χ0) is 21.3. The molecular weight excluding hydrogens is 408 g/mol. The van der Waals surface area contributed by atoms with E-state index >= 15 is 0 Å². The number of amides is 1. The van der Waals surface area contributed by atoms with Crippen molar-refractivity contribution < 1.29 is 23.6 Å². The Bertz CT molecular complexity index is 1110. The minimum Gasteiger partial charge on any atom is -0.486 e. The first-order valence-corrected chi connectivity index (χ1v) is 9.73. The molecule has 1 aliphatic heterocycles. The maximum atomic E-state index is 12.8. The first-order valence-electron chi connectivity index (χ1n) is 9.35. The fourth-order valence-electron chi connectivity index (χ4n) is 3.46. The van der Waals surface area contributed by atoms with Gasteiger partial charge in [-0.25, -0.2) is 4.79 Å². The molecule has 30 heavy (non-hydrogen) atoms. The van der Waals surface area contributed by atoms with Crippen molar-refractivity contribution in [2.45, 2.75) is 19.4 Å². The molecule has 1 aliphatic rings. The highest BCUT2D eigenvalue weighted by Crippen LogP contribution is 2.37. The third kappa shape index (κ3) is 3.76. The summed E-state index contributed by atoms with van der Waals surface area (Å²) < 4.78 is 15.9. The summed E-state index contributed by atoms with van der Waals surface area (Å²) in [5.74, 6) is 0.198. The van der Waals surface area contributed by atoms with E-state index in [1.165, 1.54) is 13.2 Å². The second kappa shape index (κ2) is 8.20. The molecule has 0 bridgehead atoms. The van der Waals surface area contributed by atoms with E-state index in [-0.39, 0.29) is 18.6 Å². The van der Waals surface area contributed by atoms with Gasteiger partial charge in [0.15, 0.2) is 0 Å². The van der Waals surface area contributed by atoms with E-state index in [2.05, 4.69) is 10.5 Å². The number of ether oxygens (including phenoxy) is 2. The zero-order valence-electron chi connectivity index (χ0n) is 16.4. The van der Waals surface area contributed by atoms with Crippen LogP contribution < -0.4 is 10.1 Å². The number of halogens is 1. The zero-order valence-corrected chi connectivity index (χ0v) is 17.2. The number of fused-ring (bicyclic) bond motifs is 1. The van der Waals surface area contributed by atoms with Gasteiger partial charge in [0.1, 0.15) is 28.9 Å². The molecule has 0 spiro atoms. The number of aryl methyl sites for hydroxylation is 1. The van der Waals surface area contributed by atoms with Gasteiger partial charge in [0.05, 0.1) is 24.2 Å². The molecule has 0 aliphatic carbocycles. The van der Waals surface area contributed by atoms with Gasteiger partial charge in [-0.3, -0.25) is 4.79 Å². The number of esters is 1. The predicted molar refractivity (Wildman–Crippen MR) is 110 cm³/mol. The summed E-state index contributed by atoms with van der Waals surface area (Å²) in [5, 5.41) is 7.26. The van der Waals surface area contributed by atoms with Crippen LogP contribution in [-0.2, 0) is 11.2 Å². The number of hydrogen-bond acceptors (Lipinski definition) is 6. The Labute approximate surface area is 177 Å². The van der Waals surface area contributed by atoms with Gasteiger partial charge in [0.2, 0.25) is 0 Å². The molecule has 1 N–H and O–H groups in total. The lowest BCUT2D eigenvalue weighted by atomic mass is 10.0. The molecule has 2 aromatic carbocycles. The molecule has 0 unspecified atom stereocenters. The van der Waals surface area contributed by atoms with Crippen LogP contribution >= 0.6 is 11.6 Å². The molecule has 0 saturated heterocycles. The number of aromatic nitrogens is 1. The summed E-state index contributed by atoms with van der Waals surface area (Å²) in [7, 11) is 1.31. The third-order valence-electron chi connectivity index (χ3n) is 4.90. The minimum absolute atomic E-state index is 0.260. The van der Waals surface area contributed by atoms with Crippen molar-refractivity contribution in [3.05, 3.63) is 69.9 Å². The van der Waals surface area contributed by atoms with Gasteiger partial charge in [-0.1, -0.05) is 47.1 Å². The Morgan fingerprint density at radius 1 is 1.27 bits per heavy atom. The molecule has 1 aromatic heterocycles. The lowest BCUT2D eigenvalue weighted by Crippen LogP contribution is -2.34. The van der Waals surface area contributed by atoms with Crippen molar-refractivity contribution in [2.75, 3.05) is 13.7 Å². The summed E-state index contributed by atoms with van der Waals surface area (Å²) in [4.78, 5) is 24.6. The van der Waals surface area contributed by atoms with Crippen LogP contribution in [0.1, 0.15) is 32.0 Å². The van der Waals surface area contributed by atoms with Gasteiger partial charge >= 0.3 is 5.97 Å². The third-order valence-corrected chi connectivity index (χ3v) is 5.18. The van der Waals surface area contributed by atoms with Gasteiger partial charge in [0, 0.05) is 17.5 Å². The lowest BCUT2D eigenvalue weighted by Gasteiger charge is -2.12. The van der Waals surface area contributed by atoms with Crippen molar-refractivity contribution >= 4 is 23.5 Å². The molecule has 3 aromatic rings. The fourth-order valence-corrected chi connectivity index (χ4v) is 3.75. The molecule has 4 rings (SSSR count). The molecule has 8 heteroatoms. The van der Waals surface area contributed by atoms with Crippen LogP contribution in [0.25, 0.3) is 11.3 Å². The highest BCUT2D eigenvalue weighted by atomic mass is 35.5. The van der Waals surface area contributed by atoms with E-state index in [0.717, 1.165) is 11.1 Å². The largest absolute Gasteiger partial charge is 0.486 e. The first kappa shape index (κ1) is 20.0. The first-order chi connectivity index (χ1) is 14.5. The van der Waals surface area contributed by atoms with Crippen LogP contribution in [0.5, 0.6) is 5.75 Å². The molecule has 1 amide bonds. The molecule has 0 saturated carbocycles. The molecule has 0 radical (unpaired) electrons. The van der Waals surface area contributed by atoms with Crippen LogP contribution in [0.2, 0.25) is 5.02 Å². The average molecular weight is 427 g/mol. The van der Waals surface area contributed by atoms with Gasteiger partial charge in [0.25, 0.3) is 5.91 Å². The second-order valence-electron chi connectivity index (χ2n) is 6.92. The van der Waals surface area contributed by atoms with E-state index in [1.807, 2.05) is 30.3 Å². The summed E-state index contributed by atoms with van der Waals surface area (Å²) in [6.45, 7) is 1.96. The molecule has 1 atom stereocenters. The van der Waals surface area contributed by atoms with Crippen LogP contribution in [0.4, 0.5) is 0 Å².